The fraction of sp³-hybridized carbons (Fsp3) is 0.333. The minimum absolute atomic E-state index is 0.285. The highest BCUT2D eigenvalue weighted by Gasteiger charge is 2.23. The summed E-state index contributed by atoms with van der Waals surface area (Å²) in [4.78, 5) is 12.1. The molecular weight excluding hydrogens is 368 g/mol. The Balaban J connectivity index is 1.87. The summed E-state index contributed by atoms with van der Waals surface area (Å²) >= 11 is 0. The SMILES string of the molecule is Cc1cc(-c2cc(NS(C)(=O)=O)ccc2OCC2CC2)n2cn[nH]c(=O)c12. The smallest absolute Gasteiger partial charge is 0.288 e. The predicted octanol–water partition coefficient (Wildman–Crippen LogP) is 2.16. The number of H-pyrrole nitrogens is 1. The standard InChI is InChI=1S/C18H20N4O4S/c1-11-7-15(22-10-19-20-18(23)17(11)22)14-8-13(21-27(2,24)25)5-6-16(14)26-9-12-3-4-12/h5-8,10,12,21H,3-4,9H2,1-2H3,(H,20,23). The lowest BCUT2D eigenvalue weighted by molar-refractivity contribution is 0.301. The van der Waals surface area contributed by atoms with Gasteiger partial charge in [-0.25, -0.2) is 13.5 Å². The number of hydrogen-bond donors (Lipinski definition) is 2. The third-order valence-corrected chi connectivity index (χ3v) is 5.12. The topological polar surface area (TPSA) is 106 Å². The van der Waals surface area contributed by atoms with Gasteiger partial charge in [0.1, 0.15) is 17.6 Å². The largest absolute Gasteiger partial charge is 0.493 e. The van der Waals surface area contributed by atoms with Crippen LogP contribution in [0.1, 0.15) is 18.4 Å². The Bertz CT molecular complexity index is 1180. The number of ether oxygens (including phenoxy) is 1. The van der Waals surface area contributed by atoms with Crippen LogP contribution in [0.25, 0.3) is 16.8 Å². The molecule has 0 amide bonds. The van der Waals surface area contributed by atoms with E-state index in [9.17, 15) is 13.2 Å². The Kier molecular flexibility index (Phi) is 4.18. The molecule has 1 fully saturated rings. The number of rotatable bonds is 6. The van der Waals surface area contributed by atoms with E-state index in [1.54, 1.807) is 22.6 Å². The predicted molar refractivity (Wildman–Crippen MR) is 103 cm³/mol. The number of nitrogens with zero attached hydrogens (tertiary/aromatic N) is 2. The zero-order valence-corrected chi connectivity index (χ0v) is 15.8. The maximum atomic E-state index is 12.1. The van der Waals surface area contributed by atoms with Gasteiger partial charge in [0.15, 0.2) is 0 Å². The van der Waals surface area contributed by atoms with Crippen molar-refractivity contribution < 1.29 is 13.2 Å². The number of benzene rings is 1. The number of aryl methyl sites for hydroxylation is 1. The van der Waals surface area contributed by atoms with Crippen LogP contribution in [0.4, 0.5) is 5.69 Å². The van der Waals surface area contributed by atoms with Crippen molar-refractivity contribution in [3.8, 4) is 17.0 Å². The summed E-state index contributed by atoms with van der Waals surface area (Å²) in [6, 6.07) is 7.00. The molecule has 1 aromatic carbocycles. The number of aromatic nitrogens is 3. The summed E-state index contributed by atoms with van der Waals surface area (Å²) < 4.78 is 33.4. The van der Waals surface area contributed by atoms with Crippen molar-refractivity contribution in [2.45, 2.75) is 19.8 Å². The van der Waals surface area contributed by atoms with Gasteiger partial charge in [-0.1, -0.05) is 0 Å². The van der Waals surface area contributed by atoms with Gasteiger partial charge in [0.05, 0.1) is 18.6 Å². The number of fused-ring (bicyclic) bond motifs is 1. The van der Waals surface area contributed by atoms with Crippen LogP contribution < -0.4 is 15.0 Å². The molecular formula is C18H20N4O4S. The zero-order chi connectivity index (χ0) is 19.2. The van der Waals surface area contributed by atoms with Gasteiger partial charge in [0, 0.05) is 11.3 Å². The molecule has 2 aromatic heterocycles. The lowest BCUT2D eigenvalue weighted by atomic mass is 10.1. The number of sulfonamides is 1. The average Bonchev–Trinajstić information content (AvgIpc) is 3.35. The van der Waals surface area contributed by atoms with Crippen LogP contribution in [-0.2, 0) is 10.0 Å². The molecule has 27 heavy (non-hydrogen) atoms. The summed E-state index contributed by atoms with van der Waals surface area (Å²) in [5.74, 6) is 1.21. The molecule has 8 nitrogen and oxygen atoms in total. The van der Waals surface area contributed by atoms with E-state index >= 15 is 0 Å². The lowest BCUT2D eigenvalue weighted by Gasteiger charge is -2.14. The molecule has 2 heterocycles. The molecule has 1 aliphatic rings. The summed E-state index contributed by atoms with van der Waals surface area (Å²) in [5, 5.41) is 6.32. The van der Waals surface area contributed by atoms with Gasteiger partial charge >= 0.3 is 0 Å². The van der Waals surface area contributed by atoms with Gasteiger partial charge < -0.3 is 4.74 Å². The van der Waals surface area contributed by atoms with E-state index < -0.39 is 10.0 Å². The van der Waals surface area contributed by atoms with E-state index in [1.807, 2.05) is 13.0 Å². The molecule has 1 saturated carbocycles. The third-order valence-electron chi connectivity index (χ3n) is 4.51. The molecule has 0 saturated heterocycles. The second-order valence-corrected chi connectivity index (χ2v) is 8.70. The van der Waals surface area contributed by atoms with Crippen LogP contribution in [0.3, 0.4) is 0 Å². The van der Waals surface area contributed by atoms with Crippen LogP contribution in [-0.4, -0.2) is 35.9 Å². The molecule has 0 spiro atoms. The van der Waals surface area contributed by atoms with E-state index in [4.69, 9.17) is 4.74 Å². The van der Waals surface area contributed by atoms with Gasteiger partial charge in [-0.05, 0) is 55.5 Å². The Labute approximate surface area is 156 Å². The number of aromatic amines is 1. The Morgan fingerprint density at radius 3 is 2.81 bits per heavy atom. The van der Waals surface area contributed by atoms with E-state index in [2.05, 4.69) is 14.9 Å². The van der Waals surface area contributed by atoms with Crippen molar-refractivity contribution in [1.82, 2.24) is 14.6 Å². The van der Waals surface area contributed by atoms with E-state index in [0.717, 1.165) is 24.7 Å². The van der Waals surface area contributed by atoms with E-state index in [1.165, 1.54) is 6.33 Å². The number of nitrogens with one attached hydrogen (secondary N) is 2. The first kappa shape index (κ1) is 17.6. The van der Waals surface area contributed by atoms with Crippen molar-refractivity contribution in [2.24, 2.45) is 5.92 Å². The first-order valence-electron chi connectivity index (χ1n) is 8.62. The van der Waals surface area contributed by atoms with Crippen molar-refractivity contribution in [1.29, 1.82) is 0 Å². The molecule has 9 heteroatoms. The third kappa shape index (κ3) is 3.68. The van der Waals surface area contributed by atoms with Crippen LogP contribution in [0.5, 0.6) is 5.75 Å². The summed E-state index contributed by atoms with van der Waals surface area (Å²) in [7, 11) is -3.41. The summed E-state index contributed by atoms with van der Waals surface area (Å²) in [5.41, 5.74) is 2.84. The second-order valence-electron chi connectivity index (χ2n) is 6.96. The second kappa shape index (κ2) is 6.41. The van der Waals surface area contributed by atoms with Gasteiger partial charge in [-0.3, -0.25) is 13.9 Å². The maximum absolute atomic E-state index is 12.1. The Morgan fingerprint density at radius 1 is 1.33 bits per heavy atom. The normalized spacial score (nSPS) is 14.4. The van der Waals surface area contributed by atoms with Gasteiger partial charge in [0.25, 0.3) is 5.56 Å². The summed E-state index contributed by atoms with van der Waals surface area (Å²) in [6.07, 6.45) is 4.95. The van der Waals surface area contributed by atoms with Crippen molar-refractivity contribution >= 4 is 21.2 Å². The maximum Gasteiger partial charge on any atom is 0.288 e. The molecule has 4 rings (SSSR count). The first-order valence-corrected chi connectivity index (χ1v) is 10.5. The van der Waals surface area contributed by atoms with Gasteiger partial charge in [-0.15, -0.1) is 0 Å². The molecule has 0 radical (unpaired) electrons. The number of anilines is 1. The highest BCUT2D eigenvalue weighted by molar-refractivity contribution is 7.92. The van der Waals surface area contributed by atoms with Gasteiger partial charge in [-0.2, -0.15) is 5.10 Å². The van der Waals surface area contributed by atoms with Crippen LogP contribution in [0.2, 0.25) is 0 Å². The Hall–Kier alpha value is -2.81. The first-order chi connectivity index (χ1) is 12.8. The number of hydrogen-bond acceptors (Lipinski definition) is 5. The zero-order valence-electron chi connectivity index (χ0n) is 15.0. The Morgan fingerprint density at radius 2 is 2.11 bits per heavy atom. The molecule has 142 valence electrons. The fourth-order valence-corrected chi connectivity index (χ4v) is 3.65. The molecule has 0 aliphatic heterocycles. The van der Waals surface area contributed by atoms with E-state index in [-0.39, 0.29) is 5.56 Å². The molecule has 0 atom stereocenters. The van der Waals surface area contributed by atoms with Crippen LogP contribution >= 0.6 is 0 Å². The van der Waals surface area contributed by atoms with Crippen molar-refractivity contribution in [2.75, 3.05) is 17.6 Å². The van der Waals surface area contributed by atoms with Crippen molar-refractivity contribution in [3.05, 3.63) is 46.5 Å². The average molecular weight is 388 g/mol. The molecule has 0 unspecified atom stereocenters. The van der Waals surface area contributed by atoms with Gasteiger partial charge in [0.2, 0.25) is 10.0 Å². The highest BCUT2D eigenvalue weighted by Crippen LogP contribution is 2.36. The molecule has 2 N–H and O–H groups in total. The van der Waals surface area contributed by atoms with Crippen LogP contribution in [0.15, 0.2) is 35.4 Å². The lowest BCUT2D eigenvalue weighted by Crippen LogP contribution is -2.12. The quantitative estimate of drug-likeness (QED) is 0.673. The molecule has 0 bridgehead atoms. The minimum atomic E-state index is -3.41. The highest BCUT2D eigenvalue weighted by atomic mass is 32.2. The van der Waals surface area contributed by atoms with Crippen molar-refractivity contribution in [3.63, 3.8) is 0 Å². The molecule has 1 aliphatic carbocycles. The minimum Gasteiger partial charge on any atom is -0.493 e. The van der Waals surface area contributed by atoms with Crippen LogP contribution in [0, 0.1) is 12.8 Å². The van der Waals surface area contributed by atoms with E-state index in [0.29, 0.717) is 40.7 Å². The fourth-order valence-electron chi connectivity index (χ4n) is 3.09. The summed E-state index contributed by atoms with van der Waals surface area (Å²) in [6.45, 7) is 2.46. The molecule has 3 aromatic rings. The monoisotopic (exact) mass is 388 g/mol.